The molecule has 1 unspecified atom stereocenters. The molecule has 0 amide bonds. The second-order valence-corrected chi connectivity index (χ2v) is 4.94. The zero-order valence-corrected chi connectivity index (χ0v) is 9.84. The van der Waals surface area contributed by atoms with Crippen LogP contribution in [-0.4, -0.2) is 11.2 Å². The van der Waals surface area contributed by atoms with Crippen LogP contribution in [0.4, 0.5) is 0 Å². The highest BCUT2D eigenvalue weighted by Gasteiger charge is 2.25. The van der Waals surface area contributed by atoms with Gasteiger partial charge in [-0.15, -0.1) is 0 Å². The minimum Gasteiger partial charge on any atom is -0.393 e. The molecule has 1 aliphatic rings. The molecule has 0 aromatic rings. The van der Waals surface area contributed by atoms with E-state index in [0.717, 1.165) is 12.3 Å². The maximum absolute atomic E-state index is 10.1. The minimum absolute atomic E-state index is 0.0137. The van der Waals surface area contributed by atoms with Crippen molar-refractivity contribution in [3.05, 3.63) is 0 Å². The zero-order chi connectivity index (χ0) is 10.4. The summed E-state index contributed by atoms with van der Waals surface area (Å²) in [7, 11) is 0. The molecule has 0 bridgehead atoms. The van der Waals surface area contributed by atoms with E-state index in [1.54, 1.807) is 0 Å². The topological polar surface area (TPSA) is 20.2 Å². The van der Waals surface area contributed by atoms with E-state index in [1.807, 2.05) is 0 Å². The molecule has 1 nitrogen and oxygen atoms in total. The highest BCUT2D eigenvalue weighted by atomic mass is 16.3. The van der Waals surface area contributed by atoms with E-state index in [2.05, 4.69) is 13.8 Å². The van der Waals surface area contributed by atoms with Gasteiger partial charge in [-0.05, 0) is 31.1 Å². The van der Waals surface area contributed by atoms with Gasteiger partial charge in [0.2, 0.25) is 0 Å². The van der Waals surface area contributed by atoms with Crippen molar-refractivity contribution < 1.29 is 5.11 Å². The smallest absolute Gasteiger partial charge is 0.0571 e. The normalized spacial score (nSPS) is 19.7. The summed E-state index contributed by atoms with van der Waals surface area (Å²) >= 11 is 0. The van der Waals surface area contributed by atoms with Crippen LogP contribution in [0.25, 0.3) is 0 Å². The lowest BCUT2D eigenvalue weighted by molar-refractivity contribution is 0.0572. The quantitative estimate of drug-likeness (QED) is 0.660. The first-order chi connectivity index (χ1) is 6.77. The summed E-state index contributed by atoms with van der Waals surface area (Å²) in [6.45, 7) is 4.44. The molecular formula is C13H26O. The molecule has 0 aromatic carbocycles. The second-order valence-electron chi connectivity index (χ2n) is 4.94. The molecule has 0 aliphatic heterocycles. The Bertz CT molecular complexity index is 134. The van der Waals surface area contributed by atoms with Crippen LogP contribution in [0, 0.1) is 11.8 Å². The Morgan fingerprint density at radius 1 is 1.14 bits per heavy atom. The summed E-state index contributed by atoms with van der Waals surface area (Å²) in [6, 6.07) is 0. The van der Waals surface area contributed by atoms with E-state index >= 15 is 0 Å². The molecule has 0 aromatic heterocycles. The van der Waals surface area contributed by atoms with Crippen LogP contribution < -0.4 is 0 Å². The van der Waals surface area contributed by atoms with Crippen LogP contribution in [0.15, 0.2) is 0 Å². The third-order valence-electron chi connectivity index (χ3n) is 3.66. The monoisotopic (exact) mass is 198 g/mol. The lowest BCUT2D eigenvalue weighted by atomic mass is 9.78. The molecule has 0 radical (unpaired) electrons. The Labute approximate surface area is 88.9 Å². The predicted molar refractivity (Wildman–Crippen MR) is 61.3 cm³/mol. The summed E-state index contributed by atoms with van der Waals surface area (Å²) in [5.74, 6) is 1.42. The van der Waals surface area contributed by atoms with Gasteiger partial charge in [0.1, 0.15) is 0 Å². The van der Waals surface area contributed by atoms with Gasteiger partial charge < -0.3 is 5.11 Å². The Kier molecular flexibility index (Phi) is 5.54. The van der Waals surface area contributed by atoms with Gasteiger partial charge in [-0.25, -0.2) is 0 Å². The zero-order valence-electron chi connectivity index (χ0n) is 9.84. The van der Waals surface area contributed by atoms with Crippen molar-refractivity contribution in [3.8, 4) is 0 Å². The van der Waals surface area contributed by atoms with Crippen molar-refractivity contribution in [1.29, 1.82) is 0 Å². The lowest BCUT2D eigenvalue weighted by Gasteiger charge is -2.31. The van der Waals surface area contributed by atoms with Crippen molar-refractivity contribution >= 4 is 0 Å². The first kappa shape index (κ1) is 12.0. The number of aliphatic hydroxyl groups is 1. The molecule has 0 heterocycles. The molecule has 1 saturated carbocycles. The first-order valence-corrected chi connectivity index (χ1v) is 6.46. The maximum Gasteiger partial charge on any atom is 0.0571 e. The van der Waals surface area contributed by atoms with Crippen LogP contribution in [0.3, 0.4) is 0 Å². The Balaban J connectivity index is 2.24. The van der Waals surface area contributed by atoms with Crippen LogP contribution >= 0.6 is 0 Å². The van der Waals surface area contributed by atoms with Gasteiger partial charge in [0.25, 0.3) is 0 Å². The van der Waals surface area contributed by atoms with Crippen LogP contribution in [0.1, 0.15) is 65.2 Å². The maximum atomic E-state index is 10.1. The van der Waals surface area contributed by atoms with E-state index < -0.39 is 0 Å². The Morgan fingerprint density at radius 3 is 2.07 bits per heavy atom. The van der Waals surface area contributed by atoms with E-state index in [-0.39, 0.29) is 6.10 Å². The van der Waals surface area contributed by atoms with Gasteiger partial charge in [0, 0.05) is 0 Å². The molecule has 0 saturated heterocycles. The summed E-state index contributed by atoms with van der Waals surface area (Å²) in [5.41, 5.74) is 0. The third kappa shape index (κ3) is 3.61. The van der Waals surface area contributed by atoms with Gasteiger partial charge in [-0.1, -0.05) is 46.0 Å². The number of hydrogen-bond donors (Lipinski definition) is 1. The molecule has 1 N–H and O–H groups in total. The van der Waals surface area contributed by atoms with Crippen LogP contribution in [0.2, 0.25) is 0 Å². The highest BCUT2D eigenvalue weighted by molar-refractivity contribution is 4.77. The van der Waals surface area contributed by atoms with E-state index in [9.17, 15) is 5.11 Å². The largest absolute Gasteiger partial charge is 0.393 e. The summed E-state index contributed by atoms with van der Waals surface area (Å²) < 4.78 is 0. The summed E-state index contributed by atoms with van der Waals surface area (Å²) in [6.07, 6.45) is 10.0. The Morgan fingerprint density at radius 2 is 1.71 bits per heavy atom. The van der Waals surface area contributed by atoms with Crippen molar-refractivity contribution in [2.24, 2.45) is 11.8 Å². The minimum atomic E-state index is -0.0137. The fourth-order valence-electron chi connectivity index (χ4n) is 2.53. The van der Waals surface area contributed by atoms with E-state index in [4.69, 9.17) is 0 Å². The fraction of sp³-hybridized carbons (Fsp3) is 1.00. The highest BCUT2D eigenvalue weighted by Crippen LogP contribution is 2.33. The SMILES string of the molecule is CCCC(CCC)C(O)CC1CCC1. The van der Waals surface area contributed by atoms with Crippen molar-refractivity contribution in [3.63, 3.8) is 0 Å². The van der Waals surface area contributed by atoms with Gasteiger partial charge in [0.05, 0.1) is 6.10 Å². The van der Waals surface area contributed by atoms with Crippen LogP contribution in [0.5, 0.6) is 0 Å². The number of rotatable bonds is 7. The van der Waals surface area contributed by atoms with Gasteiger partial charge >= 0.3 is 0 Å². The molecule has 1 atom stereocenters. The molecule has 14 heavy (non-hydrogen) atoms. The average Bonchev–Trinajstić information content (AvgIpc) is 2.11. The predicted octanol–water partition coefficient (Wildman–Crippen LogP) is 3.75. The van der Waals surface area contributed by atoms with Crippen molar-refractivity contribution in [2.45, 2.75) is 71.3 Å². The molecule has 1 aliphatic carbocycles. The molecule has 0 spiro atoms. The second kappa shape index (κ2) is 6.44. The van der Waals surface area contributed by atoms with Gasteiger partial charge in [-0.3, -0.25) is 0 Å². The summed E-state index contributed by atoms with van der Waals surface area (Å²) in [4.78, 5) is 0. The van der Waals surface area contributed by atoms with E-state index in [1.165, 1.54) is 44.9 Å². The molecular weight excluding hydrogens is 172 g/mol. The van der Waals surface area contributed by atoms with Gasteiger partial charge in [-0.2, -0.15) is 0 Å². The van der Waals surface area contributed by atoms with Gasteiger partial charge in [0.15, 0.2) is 0 Å². The third-order valence-corrected chi connectivity index (χ3v) is 3.66. The molecule has 1 fully saturated rings. The van der Waals surface area contributed by atoms with E-state index in [0.29, 0.717) is 5.92 Å². The standard InChI is InChI=1S/C13H26O/c1-3-6-12(7-4-2)13(14)10-11-8-5-9-11/h11-14H,3-10H2,1-2H3. The fourth-order valence-corrected chi connectivity index (χ4v) is 2.53. The Hall–Kier alpha value is -0.0400. The van der Waals surface area contributed by atoms with Crippen molar-refractivity contribution in [2.75, 3.05) is 0 Å². The van der Waals surface area contributed by atoms with Crippen LogP contribution in [-0.2, 0) is 0 Å². The number of aliphatic hydroxyl groups excluding tert-OH is 1. The lowest BCUT2D eigenvalue weighted by Crippen LogP contribution is -2.26. The first-order valence-electron chi connectivity index (χ1n) is 6.46. The molecule has 1 rings (SSSR count). The molecule has 84 valence electrons. The molecule has 1 heteroatoms. The number of hydrogen-bond acceptors (Lipinski definition) is 1. The van der Waals surface area contributed by atoms with Crippen molar-refractivity contribution in [1.82, 2.24) is 0 Å². The average molecular weight is 198 g/mol. The summed E-state index contributed by atoms with van der Waals surface area (Å²) in [5, 5.41) is 10.1.